The molecule has 0 atom stereocenters. The molecular weight excluding hydrogens is 346 g/mol. The fourth-order valence-corrected chi connectivity index (χ4v) is 3.00. The number of anilines is 1. The van der Waals surface area contributed by atoms with E-state index in [4.69, 9.17) is 5.11 Å². The minimum atomic E-state index is -1.14. The fourth-order valence-electron chi connectivity index (χ4n) is 3.00. The normalized spacial score (nSPS) is 14.5. The maximum Gasteiger partial charge on any atom is 0.354 e. The summed E-state index contributed by atoms with van der Waals surface area (Å²) in [5.41, 5.74) is 1.15. The van der Waals surface area contributed by atoms with Crippen molar-refractivity contribution in [3.8, 4) is 0 Å². The van der Waals surface area contributed by atoms with E-state index in [0.717, 1.165) is 17.3 Å². The number of piperazine rings is 1. The lowest BCUT2D eigenvalue weighted by Crippen LogP contribution is -2.49. The summed E-state index contributed by atoms with van der Waals surface area (Å²) in [6.45, 7) is 8.51. The number of hydrogen-bond acceptors (Lipinski definition) is 6. The summed E-state index contributed by atoms with van der Waals surface area (Å²) in [7, 11) is 0. The number of carbonyl (C=O) groups is 2. The van der Waals surface area contributed by atoms with Gasteiger partial charge in [0.05, 0.1) is 0 Å². The number of rotatable bonds is 4. The lowest BCUT2D eigenvalue weighted by atomic mass is 10.1. The number of aryl methyl sites for hydroxylation is 1. The van der Waals surface area contributed by atoms with Crippen LogP contribution in [0.1, 0.15) is 52.1 Å². The van der Waals surface area contributed by atoms with Gasteiger partial charge in [-0.15, -0.1) is 0 Å². The van der Waals surface area contributed by atoms with Crippen LogP contribution in [0.5, 0.6) is 0 Å². The van der Waals surface area contributed by atoms with E-state index < -0.39 is 5.97 Å². The molecule has 1 aliphatic rings. The molecule has 0 aromatic carbocycles. The average Bonchev–Trinajstić information content (AvgIpc) is 2.67. The van der Waals surface area contributed by atoms with E-state index in [1.807, 2.05) is 13.0 Å². The number of aromatic carboxylic acids is 1. The van der Waals surface area contributed by atoms with Crippen LogP contribution in [0.2, 0.25) is 0 Å². The first kappa shape index (κ1) is 18.8. The molecule has 3 rings (SSSR count). The van der Waals surface area contributed by atoms with Gasteiger partial charge in [0.25, 0.3) is 5.91 Å². The first-order chi connectivity index (χ1) is 12.8. The molecule has 0 aliphatic carbocycles. The molecule has 0 unspecified atom stereocenters. The molecule has 0 spiro atoms. The number of carbonyl (C=O) groups excluding carboxylic acids is 1. The quantitative estimate of drug-likeness (QED) is 0.879. The maximum atomic E-state index is 12.7. The number of aromatic nitrogens is 3. The van der Waals surface area contributed by atoms with Gasteiger partial charge >= 0.3 is 5.97 Å². The zero-order valence-corrected chi connectivity index (χ0v) is 15.7. The largest absolute Gasteiger partial charge is 0.477 e. The highest BCUT2D eigenvalue weighted by Gasteiger charge is 2.24. The number of carboxylic acids is 1. The number of nitrogens with zero attached hydrogens (tertiary/aromatic N) is 5. The van der Waals surface area contributed by atoms with Crippen LogP contribution < -0.4 is 4.90 Å². The minimum Gasteiger partial charge on any atom is -0.477 e. The molecule has 0 radical (unpaired) electrons. The maximum absolute atomic E-state index is 12.7. The van der Waals surface area contributed by atoms with Gasteiger partial charge in [-0.05, 0) is 19.1 Å². The second-order valence-electron chi connectivity index (χ2n) is 6.89. The molecule has 1 N–H and O–H groups in total. The molecule has 3 heterocycles. The average molecular weight is 369 g/mol. The molecule has 2 aromatic heterocycles. The Morgan fingerprint density at radius 1 is 1.11 bits per heavy atom. The van der Waals surface area contributed by atoms with Crippen LogP contribution in [0.15, 0.2) is 24.4 Å². The van der Waals surface area contributed by atoms with Gasteiger partial charge in [-0.2, -0.15) is 0 Å². The van der Waals surface area contributed by atoms with Crippen molar-refractivity contribution in [1.29, 1.82) is 0 Å². The van der Waals surface area contributed by atoms with E-state index in [1.54, 1.807) is 11.0 Å². The van der Waals surface area contributed by atoms with Crippen molar-refractivity contribution in [3.63, 3.8) is 0 Å². The predicted octanol–water partition coefficient (Wildman–Crippen LogP) is 1.96. The van der Waals surface area contributed by atoms with Gasteiger partial charge in [-0.1, -0.05) is 13.8 Å². The Labute approximate surface area is 157 Å². The van der Waals surface area contributed by atoms with Crippen molar-refractivity contribution in [2.75, 3.05) is 31.1 Å². The van der Waals surface area contributed by atoms with Crippen molar-refractivity contribution in [2.24, 2.45) is 0 Å². The molecule has 2 aromatic rings. The standard InChI is InChI=1S/C19H23N5O3/c1-12(2)17-21-13(3)10-16(22-17)23-6-8-24(9-7-23)18(25)14-4-5-20-15(11-14)19(26)27/h4-5,10-12H,6-9H2,1-3H3,(H,26,27). The zero-order valence-electron chi connectivity index (χ0n) is 15.7. The summed E-state index contributed by atoms with van der Waals surface area (Å²) in [5.74, 6) is 0.634. The van der Waals surface area contributed by atoms with Crippen LogP contribution in [0.4, 0.5) is 5.82 Å². The summed E-state index contributed by atoms with van der Waals surface area (Å²) in [4.78, 5) is 40.5. The van der Waals surface area contributed by atoms with E-state index >= 15 is 0 Å². The molecule has 1 amide bonds. The second kappa shape index (κ2) is 7.69. The van der Waals surface area contributed by atoms with Crippen molar-refractivity contribution in [3.05, 3.63) is 47.2 Å². The Balaban J connectivity index is 1.69. The highest BCUT2D eigenvalue weighted by molar-refractivity contribution is 5.96. The summed E-state index contributed by atoms with van der Waals surface area (Å²) in [6.07, 6.45) is 1.35. The van der Waals surface area contributed by atoms with E-state index in [9.17, 15) is 9.59 Å². The Morgan fingerprint density at radius 2 is 1.81 bits per heavy atom. The molecule has 8 heteroatoms. The Morgan fingerprint density at radius 3 is 2.44 bits per heavy atom. The summed E-state index contributed by atoms with van der Waals surface area (Å²) >= 11 is 0. The Hall–Kier alpha value is -3.03. The van der Waals surface area contributed by atoms with Crippen LogP contribution in [-0.2, 0) is 0 Å². The number of pyridine rings is 1. The highest BCUT2D eigenvalue weighted by Crippen LogP contribution is 2.19. The monoisotopic (exact) mass is 369 g/mol. The van der Waals surface area contributed by atoms with Gasteiger partial charge in [0.15, 0.2) is 0 Å². The third kappa shape index (κ3) is 4.21. The van der Waals surface area contributed by atoms with Crippen LogP contribution in [-0.4, -0.2) is 63.0 Å². The first-order valence-electron chi connectivity index (χ1n) is 8.94. The predicted molar refractivity (Wildman–Crippen MR) is 100 cm³/mol. The fraction of sp³-hybridized carbons (Fsp3) is 0.421. The van der Waals surface area contributed by atoms with Crippen molar-refractivity contribution in [2.45, 2.75) is 26.7 Å². The number of amides is 1. The first-order valence-corrected chi connectivity index (χ1v) is 8.94. The molecule has 1 fully saturated rings. The third-order valence-corrected chi connectivity index (χ3v) is 4.49. The Bertz CT molecular complexity index is 860. The molecular formula is C19H23N5O3. The highest BCUT2D eigenvalue weighted by atomic mass is 16.4. The zero-order chi connectivity index (χ0) is 19.6. The molecule has 27 heavy (non-hydrogen) atoms. The Kier molecular flexibility index (Phi) is 5.34. The molecule has 1 aliphatic heterocycles. The van der Waals surface area contributed by atoms with Gasteiger partial charge in [0.2, 0.25) is 0 Å². The van der Waals surface area contributed by atoms with Gasteiger partial charge in [0, 0.05) is 55.6 Å². The van der Waals surface area contributed by atoms with Crippen LogP contribution >= 0.6 is 0 Å². The summed E-state index contributed by atoms with van der Waals surface area (Å²) in [5, 5.41) is 9.04. The molecule has 0 bridgehead atoms. The van der Waals surface area contributed by atoms with E-state index in [-0.39, 0.29) is 17.5 Å². The lowest BCUT2D eigenvalue weighted by molar-refractivity contribution is 0.0690. The third-order valence-electron chi connectivity index (χ3n) is 4.49. The van der Waals surface area contributed by atoms with Gasteiger partial charge < -0.3 is 14.9 Å². The summed E-state index contributed by atoms with van der Waals surface area (Å²) in [6, 6.07) is 4.83. The number of hydrogen-bond donors (Lipinski definition) is 1. The van der Waals surface area contributed by atoms with E-state index in [0.29, 0.717) is 31.7 Å². The molecule has 8 nitrogen and oxygen atoms in total. The van der Waals surface area contributed by atoms with Crippen LogP contribution in [0, 0.1) is 6.92 Å². The van der Waals surface area contributed by atoms with Crippen molar-refractivity contribution in [1.82, 2.24) is 19.9 Å². The smallest absolute Gasteiger partial charge is 0.354 e. The van der Waals surface area contributed by atoms with Gasteiger partial charge in [-0.25, -0.2) is 19.7 Å². The van der Waals surface area contributed by atoms with Gasteiger partial charge in [-0.3, -0.25) is 4.79 Å². The SMILES string of the molecule is Cc1cc(N2CCN(C(=O)c3ccnc(C(=O)O)c3)CC2)nc(C(C)C)n1. The molecule has 0 saturated carbocycles. The van der Waals surface area contributed by atoms with Crippen molar-refractivity contribution < 1.29 is 14.7 Å². The van der Waals surface area contributed by atoms with E-state index in [2.05, 4.69) is 33.7 Å². The van der Waals surface area contributed by atoms with Crippen LogP contribution in [0.25, 0.3) is 0 Å². The molecule has 1 saturated heterocycles. The summed E-state index contributed by atoms with van der Waals surface area (Å²) < 4.78 is 0. The molecule has 142 valence electrons. The topological polar surface area (TPSA) is 99.5 Å². The minimum absolute atomic E-state index is 0.128. The number of carboxylic acid groups (broad SMARTS) is 1. The lowest BCUT2D eigenvalue weighted by Gasteiger charge is -2.35. The second-order valence-corrected chi connectivity index (χ2v) is 6.89. The van der Waals surface area contributed by atoms with Gasteiger partial charge in [0.1, 0.15) is 17.3 Å². The van der Waals surface area contributed by atoms with Crippen LogP contribution in [0.3, 0.4) is 0 Å². The van der Waals surface area contributed by atoms with E-state index in [1.165, 1.54) is 12.3 Å². The van der Waals surface area contributed by atoms with Crippen molar-refractivity contribution >= 4 is 17.7 Å².